The van der Waals surface area contributed by atoms with Crippen LogP contribution < -0.4 is 5.73 Å². The van der Waals surface area contributed by atoms with Gasteiger partial charge < -0.3 is 10.3 Å². The van der Waals surface area contributed by atoms with Gasteiger partial charge in [-0.3, -0.25) is 0 Å². The molecule has 4 nitrogen and oxygen atoms in total. The van der Waals surface area contributed by atoms with Crippen molar-refractivity contribution < 1.29 is 0 Å². The predicted molar refractivity (Wildman–Crippen MR) is 86.1 cm³/mol. The molecule has 108 valence electrons. The average Bonchev–Trinajstić information content (AvgIpc) is 2.95. The minimum absolute atomic E-state index is 0.675. The molecule has 0 radical (unpaired) electrons. The number of nitriles is 1. The molecule has 2 aromatic carbocycles. The first-order valence-corrected chi connectivity index (χ1v) is 7.08. The Kier molecular flexibility index (Phi) is 3.88. The Bertz CT molecular complexity index is 810. The second kappa shape index (κ2) is 6.15. The SMILES string of the molecule is N#Cc1ccc(Cn2ccnc2Cc2cccc(N)c2)cc1. The van der Waals surface area contributed by atoms with Crippen LogP contribution in [0.1, 0.15) is 22.5 Å². The number of nitrogens with two attached hydrogens (primary N) is 1. The van der Waals surface area contributed by atoms with Crippen LogP contribution >= 0.6 is 0 Å². The van der Waals surface area contributed by atoms with Crippen molar-refractivity contribution in [3.63, 3.8) is 0 Å². The molecule has 0 unspecified atom stereocenters. The van der Waals surface area contributed by atoms with E-state index in [1.54, 1.807) is 0 Å². The molecular weight excluding hydrogens is 272 g/mol. The lowest BCUT2D eigenvalue weighted by Gasteiger charge is -2.09. The summed E-state index contributed by atoms with van der Waals surface area (Å²) in [6.45, 7) is 0.739. The van der Waals surface area contributed by atoms with E-state index >= 15 is 0 Å². The number of imidazole rings is 1. The van der Waals surface area contributed by atoms with Gasteiger partial charge in [-0.15, -0.1) is 0 Å². The molecule has 22 heavy (non-hydrogen) atoms. The molecule has 0 bridgehead atoms. The van der Waals surface area contributed by atoms with Gasteiger partial charge in [0.25, 0.3) is 0 Å². The highest BCUT2D eigenvalue weighted by Gasteiger charge is 2.05. The fraction of sp³-hybridized carbons (Fsp3) is 0.111. The minimum atomic E-state index is 0.675. The van der Waals surface area contributed by atoms with E-state index in [2.05, 4.69) is 21.7 Å². The van der Waals surface area contributed by atoms with Crippen LogP contribution in [0, 0.1) is 11.3 Å². The molecule has 2 N–H and O–H groups in total. The van der Waals surface area contributed by atoms with Gasteiger partial charge >= 0.3 is 0 Å². The maximum Gasteiger partial charge on any atom is 0.113 e. The van der Waals surface area contributed by atoms with Crippen LogP contribution in [0.4, 0.5) is 5.69 Å². The van der Waals surface area contributed by atoms with Crippen molar-refractivity contribution in [3.8, 4) is 6.07 Å². The van der Waals surface area contributed by atoms with Gasteiger partial charge in [0.15, 0.2) is 0 Å². The minimum Gasteiger partial charge on any atom is -0.399 e. The Morgan fingerprint density at radius 3 is 2.64 bits per heavy atom. The monoisotopic (exact) mass is 288 g/mol. The summed E-state index contributed by atoms with van der Waals surface area (Å²) < 4.78 is 2.12. The van der Waals surface area contributed by atoms with Gasteiger partial charge in [-0.2, -0.15) is 5.26 Å². The summed E-state index contributed by atoms with van der Waals surface area (Å²) in [6, 6.07) is 17.6. The molecule has 0 aliphatic carbocycles. The lowest BCUT2D eigenvalue weighted by Crippen LogP contribution is -2.05. The second-order valence-corrected chi connectivity index (χ2v) is 5.20. The molecule has 4 heteroatoms. The standard InChI is InChI=1S/C18H16N4/c19-12-14-4-6-15(7-5-14)13-22-9-8-21-18(22)11-16-2-1-3-17(20)10-16/h1-10H,11,13,20H2. The van der Waals surface area contributed by atoms with Crippen LogP contribution in [0.5, 0.6) is 0 Å². The number of hydrogen-bond acceptors (Lipinski definition) is 3. The molecule has 0 aliphatic heterocycles. The summed E-state index contributed by atoms with van der Waals surface area (Å²) in [6.07, 6.45) is 4.53. The molecular formula is C18H16N4. The molecule has 1 heterocycles. The van der Waals surface area contributed by atoms with Crippen molar-refractivity contribution in [3.05, 3.63) is 83.4 Å². The fourth-order valence-corrected chi connectivity index (χ4v) is 2.42. The van der Waals surface area contributed by atoms with Crippen LogP contribution in [0.2, 0.25) is 0 Å². The van der Waals surface area contributed by atoms with E-state index in [-0.39, 0.29) is 0 Å². The number of rotatable bonds is 4. The van der Waals surface area contributed by atoms with Crippen molar-refractivity contribution in [2.75, 3.05) is 5.73 Å². The lowest BCUT2D eigenvalue weighted by atomic mass is 10.1. The van der Waals surface area contributed by atoms with E-state index in [1.807, 2.05) is 54.9 Å². The topological polar surface area (TPSA) is 67.6 Å². The Morgan fingerprint density at radius 1 is 1.09 bits per heavy atom. The van der Waals surface area contributed by atoms with Crippen molar-refractivity contribution in [1.29, 1.82) is 5.26 Å². The summed E-state index contributed by atoms with van der Waals surface area (Å²) in [7, 11) is 0. The molecule has 0 aliphatic rings. The number of nitrogen functional groups attached to an aromatic ring is 1. The maximum atomic E-state index is 8.84. The van der Waals surface area contributed by atoms with Crippen LogP contribution in [0.3, 0.4) is 0 Å². The van der Waals surface area contributed by atoms with Crippen molar-refractivity contribution in [2.24, 2.45) is 0 Å². The number of aromatic nitrogens is 2. The molecule has 0 saturated carbocycles. The molecule has 0 amide bonds. The fourth-order valence-electron chi connectivity index (χ4n) is 2.42. The Labute approximate surface area is 129 Å². The number of benzene rings is 2. The van der Waals surface area contributed by atoms with Gasteiger partial charge in [0, 0.05) is 31.0 Å². The van der Waals surface area contributed by atoms with E-state index in [0.717, 1.165) is 35.6 Å². The van der Waals surface area contributed by atoms with Crippen LogP contribution in [0.25, 0.3) is 0 Å². The molecule has 3 rings (SSSR count). The highest BCUT2D eigenvalue weighted by molar-refractivity contribution is 5.41. The second-order valence-electron chi connectivity index (χ2n) is 5.20. The summed E-state index contributed by atoms with van der Waals surface area (Å²) >= 11 is 0. The number of hydrogen-bond donors (Lipinski definition) is 1. The Hall–Kier alpha value is -3.06. The Morgan fingerprint density at radius 2 is 1.91 bits per heavy atom. The third-order valence-corrected chi connectivity index (χ3v) is 3.55. The van der Waals surface area contributed by atoms with E-state index < -0.39 is 0 Å². The van der Waals surface area contributed by atoms with Gasteiger partial charge in [-0.25, -0.2) is 4.98 Å². The summed E-state index contributed by atoms with van der Waals surface area (Å²) in [5.41, 5.74) is 9.55. The predicted octanol–water partition coefficient (Wildman–Crippen LogP) is 2.98. The molecule has 0 spiro atoms. The van der Waals surface area contributed by atoms with Gasteiger partial charge in [0.1, 0.15) is 5.82 Å². The first-order valence-electron chi connectivity index (χ1n) is 7.08. The summed E-state index contributed by atoms with van der Waals surface area (Å²) in [4.78, 5) is 4.44. The zero-order chi connectivity index (χ0) is 15.4. The highest BCUT2D eigenvalue weighted by atomic mass is 15.1. The maximum absolute atomic E-state index is 8.84. The van der Waals surface area contributed by atoms with Crippen molar-refractivity contribution in [1.82, 2.24) is 9.55 Å². The van der Waals surface area contributed by atoms with Crippen LogP contribution in [-0.2, 0) is 13.0 Å². The van der Waals surface area contributed by atoms with Gasteiger partial charge in [0.05, 0.1) is 11.6 Å². The summed E-state index contributed by atoms with van der Waals surface area (Å²) in [5, 5.41) is 8.84. The van der Waals surface area contributed by atoms with Gasteiger partial charge in [-0.1, -0.05) is 24.3 Å². The molecule has 0 saturated heterocycles. The number of anilines is 1. The average molecular weight is 288 g/mol. The van der Waals surface area contributed by atoms with E-state index in [4.69, 9.17) is 11.0 Å². The zero-order valence-corrected chi connectivity index (χ0v) is 12.1. The zero-order valence-electron chi connectivity index (χ0n) is 12.1. The van der Waals surface area contributed by atoms with Gasteiger partial charge in [-0.05, 0) is 35.4 Å². The third-order valence-electron chi connectivity index (χ3n) is 3.55. The first-order chi connectivity index (χ1) is 10.7. The molecule has 3 aromatic rings. The van der Waals surface area contributed by atoms with Gasteiger partial charge in [0.2, 0.25) is 0 Å². The Balaban J connectivity index is 1.78. The van der Waals surface area contributed by atoms with Crippen LogP contribution in [0.15, 0.2) is 60.9 Å². The third kappa shape index (κ3) is 3.15. The van der Waals surface area contributed by atoms with E-state index in [9.17, 15) is 0 Å². The normalized spacial score (nSPS) is 10.3. The van der Waals surface area contributed by atoms with Crippen molar-refractivity contribution >= 4 is 5.69 Å². The lowest BCUT2D eigenvalue weighted by molar-refractivity contribution is 0.740. The molecule has 0 fully saturated rings. The van der Waals surface area contributed by atoms with Crippen molar-refractivity contribution in [2.45, 2.75) is 13.0 Å². The largest absolute Gasteiger partial charge is 0.399 e. The van der Waals surface area contributed by atoms with E-state index in [0.29, 0.717) is 5.56 Å². The molecule has 0 atom stereocenters. The summed E-state index contributed by atoms with van der Waals surface area (Å²) in [5.74, 6) is 0.995. The van der Waals surface area contributed by atoms with E-state index in [1.165, 1.54) is 0 Å². The number of nitrogens with zero attached hydrogens (tertiary/aromatic N) is 3. The quantitative estimate of drug-likeness (QED) is 0.750. The van der Waals surface area contributed by atoms with Crippen LogP contribution in [-0.4, -0.2) is 9.55 Å². The molecule has 1 aromatic heterocycles. The first kappa shape index (κ1) is 13.9. The highest BCUT2D eigenvalue weighted by Crippen LogP contribution is 2.13. The smallest absolute Gasteiger partial charge is 0.113 e.